The number of nitrogens with zero attached hydrogens (tertiary/aromatic N) is 4. The summed E-state index contributed by atoms with van der Waals surface area (Å²) in [5.74, 6) is 1.24. The largest absolute Gasteiger partial charge is 0.343 e. The molecule has 0 unspecified atom stereocenters. The van der Waals surface area contributed by atoms with Crippen LogP contribution in [0.2, 0.25) is 0 Å². The highest BCUT2D eigenvalue weighted by Crippen LogP contribution is 2.26. The third-order valence-corrected chi connectivity index (χ3v) is 4.64. The summed E-state index contributed by atoms with van der Waals surface area (Å²) in [6.45, 7) is 4.00. The Morgan fingerprint density at radius 1 is 1.33 bits per heavy atom. The van der Waals surface area contributed by atoms with Crippen LogP contribution in [-0.4, -0.2) is 43.6 Å². The molecular weight excluding hydrogens is 306 g/mol. The summed E-state index contributed by atoms with van der Waals surface area (Å²) >= 11 is 0. The average Bonchev–Trinajstić information content (AvgIpc) is 3.01. The van der Waals surface area contributed by atoms with E-state index in [-0.39, 0.29) is 17.5 Å². The molecule has 1 aliphatic heterocycles. The summed E-state index contributed by atoms with van der Waals surface area (Å²) in [4.78, 5) is 30.2. The second-order valence-corrected chi connectivity index (χ2v) is 6.11. The van der Waals surface area contributed by atoms with Gasteiger partial charge >= 0.3 is 5.69 Å². The fourth-order valence-corrected chi connectivity index (χ4v) is 3.27. The number of piperidine rings is 1. The molecule has 1 aliphatic rings. The van der Waals surface area contributed by atoms with E-state index in [1.54, 1.807) is 10.8 Å². The van der Waals surface area contributed by atoms with Crippen LogP contribution in [0.3, 0.4) is 0 Å². The van der Waals surface area contributed by atoms with E-state index in [1.165, 1.54) is 0 Å². The molecule has 0 radical (unpaired) electrons. The van der Waals surface area contributed by atoms with Crippen molar-refractivity contribution in [3.05, 3.63) is 46.4 Å². The van der Waals surface area contributed by atoms with Crippen LogP contribution >= 0.6 is 0 Å². The molecule has 128 valence electrons. The van der Waals surface area contributed by atoms with Gasteiger partial charge in [-0.25, -0.2) is 9.89 Å². The SMILES string of the molecule is CCn1c(C2CCN(C(=O)CCc3ccccn3)CC2)n[nH]c1=O. The van der Waals surface area contributed by atoms with E-state index in [1.807, 2.05) is 30.0 Å². The van der Waals surface area contributed by atoms with Crippen molar-refractivity contribution in [3.63, 3.8) is 0 Å². The summed E-state index contributed by atoms with van der Waals surface area (Å²) in [6.07, 6.45) is 4.61. The van der Waals surface area contributed by atoms with Gasteiger partial charge < -0.3 is 4.90 Å². The lowest BCUT2D eigenvalue weighted by Gasteiger charge is -2.31. The second kappa shape index (κ2) is 7.42. The molecule has 3 heterocycles. The Morgan fingerprint density at radius 3 is 2.79 bits per heavy atom. The van der Waals surface area contributed by atoms with Crippen molar-refractivity contribution < 1.29 is 4.79 Å². The van der Waals surface area contributed by atoms with Crippen molar-refractivity contribution in [2.45, 2.75) is 45.1 Å². The molecule has 0 atom stereocenters. The van der Waals surface area contributed by atoms with Gasteiger partial charge in [0, 0.05) is 43.9 Å². The minimum Gasteiger partial charge on any atom is -0.343 e. The van der Waals surface area contributed by atoms with E-state index in [9.17, 15) is 9.59 Å². The van der Waals surface area contributed by atoms with Crippen LogP contribution in [0.1, 0.15) is 43.6 Å². The minimum absolute atomic E-state index is 0.152. The van der Waals surface area contributed by atoms with Gasteiger partial charge in [0.15, 0.2) is 0 Å². The molecule has 7 heteroatoms. The van der Waals surface area contributed by atoms with Crippen LogP contribution in [0.4, 0.5) is 0 Å². The zero-order valence-corrected chi connectivity index (χ0v) is 13.9. The Kier molecular flexibility index (Phi) is 5.08. The quantitative estimate of drug-likeness (QED) is 0.897. The number of aromatic nitrogens is 4. The molecule has 1 saturated heterocycles. The number of amides is 1. The number of aromatic amines is 1. The first-order valence-corrected chi connectivity index (χ1v) is 8.51. The summed E-state index contributed by atoms with van der Waals surface area (Å²) in [6, 6.07) is 5.76. The Balaban J connectivity index is 1.53. The zero-order chi connectivity index (χ0) is 16.9. The van der Waals surface area contributed by atoms with Gasteiger partial charge in [-0.05, 0) is 38.3 Å². The number of pyridine rings is 1. The van der Waals surface area contributed by atoms with Gasteiger partial charge in [0.1, 0.15) is 5.82 Å². The Labute approximate surface area is 140 Å². The Hall–Kier alpha value is -2.44. The molecule has 1 N–H and O–H groups in total. The van der Waals surface area contributed by atoms with Crippen LogP contribution in [-0.2, 0) is 17.8 Å². The third kappa shape index (κ3) is 3.55. The number of carbonyl (C=O) groups excluding carboxylic acids is 1. The highest BCUT2D eigenvalue weighted by molar-refractivity contribution is 5.76. The monoisotopic (exact) mass is 329 g/mol. The smallest absolute Gasteiger partial charge is 0.343 e. The topological polar surface area (TPSA) is 83.9 Å². The lowest BCUT2D eigenvalue weighted by molar-refractivity contribution is -0.132. The number of H-pyrrole nitrogens is 1. The molecule has 0 aliphatic carbocycles. The predicted molar refractivity (Wildman–Crippen MR) is 89.6 cm³/mol. The van der Waals surface area contributed by atoms with E-state index in [0.29, 0.717) is 19.4 Å². The zero-order valence-electron chi connectivity index (χ0n) is 13.9. The highest BCUT2D eigenvalue weighted by Gasteiger charge is 2.27. The molecule has 1 fully saturated rings. The van der Waals surface area contributed by atoms with E-state index in [0.717, 1.165) is 37.4 Å². The van der Waals surface area contributed by atoms with Crippen LogP contribution in [0.25, 0.3) is 0 Å². The maximum Gasteiger partial charge on any atom is 0.343 e. The molecular formula is C17H23N5O2. The molecule has 3 rings (SSSR count). The molecule has 1 amide bonds. The van der Waals surface area contributed by atoms with Gasteiger partial charge in [-0.1, -0.05) is 6.07 Å². The lowest BCUT2D eigenvalue weighted by atomic mass is 9.95. The van der Waals surface area contributed by atoms with E-state index < -0.39 is 0 Å². The number of aryl methyl sites for hydroxylation is 1. The molecule has 24 heavy (non-hydrogen) atoms. The molecule has 2 aromatic rings. The van der Waals surface area contributed by atoms with Gasteiger partial charge in [0.05, 0.1) is 0 Å². The molecule has 2 aromatic heterocycles. The van der Waals surface area contributed by atoms with Crippen molar-refractivity contribution in [1.82, 2.24) is 24.6 Å². The van der Waals surface area contributed by atoms with E-state index >= 15 is 0 Å². The first kappa shape index (κ1) is 16.4. The predicted octanol–water partition coefficient (Wildman–Crippen LogP) is 1.33. The lowest BCUT2D eigenvalue weighted by Crippen LogP contribution is -2.38. The van der Waals surface area contributed by atoms with Crippen molar-refractivity contribution in [1.29, 1.82) is 0 Å². The van der Waals surface area contributed by atoms with Crippen molar-refractivity contribution in [3.8, 4) is 0 Å². The van der Waals surface area contributed by atoms with Crippen LogP contribution in [0.15, 0.2) is 29.2 Å². The van der Waals surface area contributed by atoms with E-state index in [2.05, 4.69) is 15.2 Å². The van der Waals surface area contributed by atoms with Gasteiger partial charge in [-0.15, -0.1) is 0 Å². The normalized spacial score (nSPS) is 15.6. The number of likely N-dealkylation sites (tertiary alicyclic amines) is 1. The molecule has 0 aromatic carbocycles. The maximum absolute atomic E-state index is 12.4. The molecule has 0 bridgehead atoms. The standard InChI is InChI=1S/C17H23N5O2/c1-2-22-16(19-20-17(22)24)13-8-11-21(12-9-13)15(23)7-6-14-5-3-4-10-18-14/h3-5,10,13H,2,6-9,11-12H2,1H3,(H,20,24). The van der Waals surface area contributed by atoms with Crippen LogP contribution < -0.4 is 5.69 Å². The number of hydrogen-bond acceptors (Lipinski definition) is 4. The average molecular weight is 329 g/mol. The van der Waals surface area contributed by atoms with Gasteiger partial charge in [-0.2, -0.15) is 5.10 Å². The summed E-state index contributed by atoms with van der Waals surface area (Å²) in [5.41, 5.74) is 0.797. The maximum atomic E-state index is 12.4. The molecule has 0 saturated carbocycles. The Morgan fingerprint density at radius 2 is 2.12 bits per heavy atom. The van der Waals surface area contributed by atoms with Gasteiger partial charge in [0.2, 0.25) is 5.91 Å². The van der Waals surface area contributed by atoms with Crippen molar-refractivity contribution in [2.24, 2.45) is 0 Å². The molecule has 7 nitrogen and oxygen atoms in total. The van der Waals surface area contributed by atoms with Crippen LogP contribution in [0, 0.1) is 0 Å². The second-order valence-electron chi connectivity index (χ2n) is 6.11. The first-order chi connectivity index (χ1) is 11.7. The number of carbonyl (C=O) groups is 1. The number of rotatable bonds is 5. The Bertz CT molecular complexity index is 729. The van der Waals surface area contributed by atoms with Crippen molar-refractivity contribution >= 4 is 5.91 Å². The minimum atomic E-state index is -0.152. The number of hydrogen-bond donors (Lipinski definition) is 1. The highest BCUT2D eigenvalue weighted by atomic mass is 16.2. The fourth-order valence-electron chi connectivity index (χ4n) is 3.27. The number of nitrogens with one attached hydrogen (secondary N) is 1. The first-order valence-electron chi connectivity index (χ1n) is 8.51. The fraction of sp³-hybridized carbons (Fsp3) is 0.529. The van der Waals surface area contributed by atoms with Crippen LogP contribution in [0.5, 0.6) is 0 Å². The van der Waals surface area contributed by atoms with Crippen molar-refractivity contribution in [2.75, 3.05) is 13.1 Å². The molecule has 0 spiro atoms. The summed E-state index contributed by atoms with van der Waals surface area (Å²) in [7, 11) is 0. The van der Waals surface area contributed by atoms with E-state index in [4.69, 9.17) is 0 Å². The summed E-state index contributed by atoms with van der Waals surface area (Å²) < 4.78 is 1.68. The third-order valence-electron chi connectivity index (χ3n) is 4.64. The van der Waals surface area contributed by atoms with Gasteiger partial charge in [-0.3, -0.25) is 14.3 Å². The van der Waals surface area contributed by atoms with Gasteiger partial charge in [0.25, 0.3) is 0 Å². The summed E-state index contributed by atoms with van der Waals surface area (Å²) in [5, 5.41) is 6.70.